The topological polar surface area (TPSA) is 84.7 Å². The molecule has 1 aliphatic rings. The van der Waals surface area contributed by atoms with Crippen molar-refractivity contribution < 1.29 is 14.3 Å². The van der Waals surface area contributed by atoms with Crippen molar-refractivity contribution in [3.8, 4) is 0 Å². The Hall–Kier alpha value is -1.56. The molecule has 0 aromatic carbocycles. The van der Waals surface area contributed by atoms with E-state index >= 15 is 0 Å². The summed E-state index contributed by atoms with van der Waals surface area (Å²) in [6.07, 6.45) is 3.37. The number of nitrogens with one attached hydrogen (secondary N) is 1. The Labute approximate surface area is 114 Å². The average Bonchev–Trinajstić information content (AvgIpc) is 2.38. The third kappa shape index (κ3) is 4.90. The lowest BCUT2D eigenvalue weighted by molar-refractivity contribution is -0.133. The zero-order chi connectivity index (χ0) is 14.3. The van der Waals surface area contributed by atoms with E-state index in [0.29, 0.717) is 26.1 Å². The highest BCUT2D eigenvalue weighted by Gasteiger charge is 2.27. The monoisotopic (exact) mass is 269 g/mol. The number of rotatable bonds is 5. The van der Waals surface area contributed by atoms with Crippen LogP contribution in [0.3, 0.4) is 0 Å². The van der Waals surface area contributed by atoms with Crippen LogP contribution in [0, 0.1) is 0 Å². The normalized spacial score (nSPS) is 20.5. The lowest BCUT2D eigenvalue weighted by Crippen LogP contribution is -2.53. The first-order valence-corrected chi connectivity index (χ1v) is 6.67. The second-order valence-corrected chi connectivity index (χ2v) is 4.62. The van der Waals surface area contributed by atoms with Gasteiger partial charge in [-0.1, -0.05) is 6.08 Å². The van der Waals surface area contributed by atoms with Gasteiger partial charge in [0.15, 0.2) is 0 Å². The molecule has 0 spiro atoms. The van der Waals surface area contributed by atoms with Gasteiger partial charge in [-0.3, -0.25) is 4.79 Å². The molecule has 0 bridgehead atoms. The summed E-state index contributed by atoms with van der Waals surface area (Å²) in [6, 6.07) is -0.605. The van der Waals surface area contributed by atoms with Gasteiger partial charge in [0, 0.05) is 19.1 Å². The van der Waals surface area contributed by atoms with Crippen molar-refractivity contribution >= 4 is 12.0 Å². The highest BCUT2D eigenvalue weighted by Crippen LogP contribution is 2.12. The molecule has 3 N–H and O–H groups in total. The smallest absolute Gasteiger partial charge is 0.407 e. The minimum absolute atomic E-state index is 0.0623. The van der Waals surface area contributed by atoms with Crippen LogP contribution in [0.15, 0.2) is 12.7 Å². The summed E-state index contributed by atoms with van der Waals surface area (Å²) in [5.74, 6) is -0.0877. The lowest BCUT2D eigenvalue weighted by atomic mass is 10.0. The molecule has 0 saturated carbocycles. The number of piperidine rings is 1. The predicted octanol–water partition coefficient (Wildman–Crippen LogP) is 0.627. The molecule has 0 aliphatic carbocycles. The van der Waals surface area contributed by atoms with E-state index in [4.69, 9.17) is 10.5 Å². The van der Waals surface area contributed by atoms with Crippen LogP contribution in [0.25, 0.3) is 0 Å². The van der Waals surface area contributed by atoms with E-state index in [9.17, 15) is 9.59 Å². The second kappa shape index (κ2) is 7.78. The zero-order valence-electron chi connectivity index (χ0n) is 11.4. The second-order valence-electron chi connectivity index (χ2n) is 4.62. The standard InChI is InChI=1S/C13H23N3O3/c1-3-6-11(14)12(17)16-8-5-7-10(9-16)15-13(18)19-4-2/h3,10-11H,1,4-9,14H2,2H3,(H,15,18). The fourth-order valence-corrected chi connectivity index (χ4v) is 2.15. The highest BCUT2D eigenvalue weighted by atomic mass is 16.5. The van der Waals surface area contributed by atoms with Crippen molar-refractivity contribution in [3.05, 3.63) is 12.7 Å². The van der Waals surface area contributed by atoms with Gasteiger partial charge in [0.1, 0.15) is 0 Å². The first-order valence-electron chi connectivity index (χ1n) is 6.67. The van der Waals surface area contributed by atoms with Crippen molar-refractivity contribution in [2.75, 3.05) is 19.7 Å². The summed E-state index contributed by atoms with van der Waals surface area (Å²) in [6.45, 7) is 6.85. The first-order chi connectivity index (χ1) is 9.08. The third-order valence-electron chi connectivity index (χ3n) is 3.07. The summed E-state index contributed by atoms with van der Waals surface area (Å²) in [7, 11) is 0. The molecule has 0 aromatic rings. The number of nitrogens with zero attached hydrogens (tertiary/aromatic N) is 1. The maximum absolute atomic E-state index is 12.1. The fraction of sp³-hybridized carbons (Fsp3) is 0.692. The van der Waals surface area contributed by atoms with Gasteiger partial charge in [-0.2, -0.15) is 0 Å². The lowest BCUT2D eigenvalue weighted by Gasteiger charge is -2.34. The Bertz CT molecular complexity index is 333. The first kappa shape index (κ1) is 15.5. The van der Waals surface area contributed by atoms with Crippen LogP contribution in [0.5, 0.6) is 0 Å². The number of amides is 2. The SMILES string of the molecule is C=CCC(N)C(=O)N1CCCC(NC(=O)OCC)C1. The quantitative estimate of drug-likeness (QED) is 0.717. The van der Waals surface area contributed by atoms with Crippen LogP contribution in [0.2, 0.25) is 0 Å². The summed E-state index contributed by atoms with van der Waals surface area (Å²) >= 11 is 0. The number of alkyl carbamates (subject to hydrolysis) is 1. The van der Waals surface area contributed by atoms with Gasteiger partial charge >= 0.3 is 6.09 Å². The molecule has 2 unspecified atom stereocenters. The summed E-state index contributed by atoms with van der Waals surface area (Å²) in [5, 5.41) is 2.76. The molecule has 6 nitrogen and oxygen atoms in total. The van der Waals surface area contributed by atoms with E-state index in [0.717, 1.165) is 12.8 Å². The van der Waals surface area contributed by atoms with Gasteiger partial charge in [-0.15, -0.1) is 6.58 Å². The van der Waals surface area contributed by atoms with Crippen molar-refractivity contribution in [3.63, 3.8) is 0 Å². The van der Waals surface area contributed by atoms with Crippen molar-refractivity contribution in [2.45, 2.75) is 38.3 Å². The molecule has 19 heavy (non-hydrogen) atoms. The van der Waals surface area contributed by atoms with Gasteiger partial charge in [0.05, 0.1) is 12.6 Å². The van der Waals surface area contributed by atoms with E-state index in [-0.39, 0.29) is 11.9 Å². The molecule has 1 heterocycles. The van der Waals surface area contributed by atoms with Crippen LogP contribution < -0.4 is 11.1 Å². The molecular formula is C13H23N3O3. The van der Waals surface area contributed by atoms with Crippen molar-refractivity contribution in [1.29, 1.82) is 0 Å². The van der Waals surface area contributed by atoms with Gasteiger partial charge in [0.25, 0.3) is 0 Å². The van der Waals surface area contributed by atoms with Crippen LogP contribution in [0.4, 0.5) is 4.79 Å². The van der Waals surface area contributed by atoms with E-state index in [1.807, 2.05) is 0 Å². The van der Waals surface area contributed by atoms with E-state index < -0.39 is 12.1 Å². The minimum atomic E-state index is -0.543. The fourth-order valence-electron chi connectivity index (χ4n) is 2.15. The maximum Gasteiger partial charge on any atom is 0.407 e. The zero-order valence-corrected chi connectivity index (χ0v) is 11.4. The average molecular weight is 269 g/mol. The molecule has 0 aromatic heterocycles. The molecule has 1 fully saturated rings. The molecule has 108 valence electrons. The molecule has 1 rings (SSSR count). The molecule has 1 saturated heterocycles. The Kier molecular flexibility index (Phi) is 6.35. The molecule has 2 atom stereocenters. The molecule has 1 aliphatic heterocycles. The van der Waals surface area contributed by atoms with E-state index in [1.165, 1.54) is 0 Å². The van der Waals surface area contributed by atoms with Crippen molar-refractivity contribution in [1.82, 2.24) is 10.2 Å². The molecular weight excluding hydrogens is 246 g/mol. The third-order valence-corrected chi connectivity index (χ3v) is 3.07. The van der Waals surface area contributed by atoms with Crippen LogP contribution >= 0.6 is 0 Å². The summed E-state index contributed by atoms with van der Waals surface area (Å²) in [4.78, 5) is 25.1. The van der Waals surface area contributed by atoms with Crippen LogP contribution in [-0.4, -0.2) is 48.7 Å². The van der Waals surface area contributed by atoms with Crippen molar-refractivity contribution in [2.24, 2.45) is 5.73 Å². The number of nitrogens with two attached hydrogens (primary N) is 1. The number of carbonyl (C=O) groups excluding carboxylic acids is 2. The van der Waals surface area contributed by atoms with Gasteiger partial charge in [0.2, 0.25) is 5.91 Å². The maximum atomic E-state index is 12.1. The Morgan fingerprint density at radius 2 is 2.37 bits per heavy atom. The molecule has 2 amide bonds. The predicted molar refractivity (Wildman–Crippen MR) is 72.5 cm³/mol. The van der Waals surface area contributed by atoms with E-state index in [2.05, 4.69) is 11.9 Å². The summed E-state index contributed by atoms with van der Waals surface area (Å²) < 4.78 is 4.83. The Balaban J connectivity index is 2.47. The van der Waals surface area contributed by atoms with Crippen LogP contribution in [0.1, 0.15) is 26.2 Å². The number of hydrogen-bond acceptors (Lipinski definition) is 4. The number of hydrogen-bond donors (Lipinski definition) is 2. The highest BCUT2D eigenvalue weighted by molar-refractivity contribution is 5.82. The van der Waals surface area contributed by atoms with Gasteiger partial charge in [-0.05, 0) is 26.2 Å². The number of carbonyl (C=O) groups is 2. The van der Waals surface area contributed by atoms with E-state index in [1.54, 1.807) is 17.9 Å². The van der Waals surface area contributed by atoms with Gasteiger partial charge < -0.3 is 20.7 Å². The molecule has 6 heteroatoms. The summed E-state index contributed by atoms with van der Waals surface area (Å²) in [5.41, 5.74) is 5.78. The molecule has 0 radical (unpaired) electrons. The van der Waals surface area contributed by atoms with Crippen LogP contribution in [-0.2, 0) is 9.53 Å². The number of likely N-dealkylation sites (tertiary alicyclic amines) is 1. The van der Waals surface area contributed by atoms with Gasteiger partial charge in [-0.25, -0.2) is 4.79 Å². The Morgan fingerprint density at radius 3 is 3.00 bits per heavy atom. The Morgan fingerprint density at radius 1 is 1.63 bits per heavy atom. The largest absolute Gasteiger partial charge is 0.450 e. The minimum Gasteiger partial charge on any atom is -0.450 e. The number of ether oxygens (including phenoxy) is 1.